The first-order valence-corrected chi connectivity index (χ1v) is 10.7. The predicted molar refractivity (Wildman–Crippen MR) is 113 cm³/mol. The molecule has 156 valence electrons. The number of benzene rings is 2. The van der Waals surface area contributed by atoms with Crippen molar-refractivity contribution in [2.24, 2.45) is 23.7 Å². The molecular formula is C25H27NO4. The molecule has 1 amide bonds. The summed E-state index contributed by atoms with van der Waals surface area (Å²) in [5, 5.41) is 2.98. The molecule has 0 radical (unpaired) electrons. The van der Waals surface area contributed by atoms with Gasteiger partial charge in [0.2, 0.25) is 5.91 Å². The third kappa shape index (κ3) is 3.26. The van der Waals surface area contributed by atoms with E-state index in [1.807, 2.05) is 36.4 Å². The Morgan fingerprint density at radius 2 is 1.63 bits per heavy atom. The van der Waals surface area contributed by atoms with Crippen LogP contribution in [-0.4, -0.2) is 18.0 Å². The Hall–Kier alpha value is -2.82. The third-order valence-corrected chi connectivity index (χ3v) is 6.86. The Morgan fingerprint density at radius 3 is 2.27 bits per heavy atom. The lowest BCUT2D eigenvalue weighted by Crippen LogP contribution is -2.35. The van der Waals surface area contributed by atoms with E-state index in [1.54, 1.807) is 0 Å². The van der Waals surface area contributed by atoms with Crippen LogP contribution in [0.1, 0.15) is 39.2 Å². The predicted octanol–water partition coefficient (Wildman–Crippen LogP) is 4.91. The third-order valence-electron chi connectivity index (χ3n) is 6.86. The molecule has 5 nitrogen and oxygen atoms in total. The van der Waals surface area contributed by atoms with Gasteiger partial charge in [0.25, 0.3) is 0 Å². The van der Waals surface area contributed by atoms with E-state index < -0.39 is 0 Å². The smallest absolute Gasteiger partial charge is 0.310 e. The maximum atomic E-state index is 12.9. The van der Waals surface area contributed by atoms with E-state index in [4.69, 9.17) is 9.47 Å². The van der Waals surface area contributed by atoms with E-state index in [0.717, 1.165) is 18.6 Å². The highest BCUT2D eigenvalue weighted by atomic mass is 16.6. The van der Waals surface area contributed by atoms with Crippen LogP contribution in [0.25, 0.3) is 0 Å². The molecule has 30 heavy (non-hydrogen) atoms. The Kier molecular flexibility index (Phi) is 4.38. The number of hydrogen-bond donors (Lipinski definition) is 1. The average Bonchev–Trinajstić information content (AvgIpc) is 3.32. The van der Waals surface area contributed by atoms with E-state index >= 15 is 0 Å². The summed E-state index contributed by atoms with van der Waals surface area (Å²) in [6, 6.07) is 15.5. The van der Waals surface area contributed by atoms with Crippen molar-refractivity contribution >= 4 is 17.6 Å². The maximum Gasteiger partial charge on any atom is 0.310 e. The molecular weight excluding hydrogens is 378 g/mol. The van der Waals surface area contributed by atoms with Gasteiger partial charge in [-0.05, 0) is 66.1 Å². The first kappa shape index (κ1) is 19.2. The summed E-state index contributed by atoms with van der Waals surface area (Å²) in [7, 11) is 0. The zero-order valence-electron chi connectivity index (χ0n) is 17.6. The van der Waals surface area contributed by atoms with Crippen LogP contribution in [-0.2, 0) is 19.7 Å². The second kappa shape index (κ2) is 6.86. The molecule has 5 rings (SSSR count). The summed E-state index contributed by atoms with van der Waals surface area (Å²) in [6.07, 6.45) is 1.80. The SMILES string of the molecule is CC(C)(C)c1ccc(Oc2ccc(NC(=O)[C@H]3[C@@H]4C[C@H]5[C@@H]3C(=O)O[C@@H]5C4)cc2)cc1. The van der Waals surface area contributed by atoms with Crippen LogP contribution < -0.4 is 10.1 Å². The minimum absolute atomic E-state index is 0.0467. The molecule has 1 saturated heterocycles. The van der Waals surface area contributed by atoms with Crippen molar-refractivity contribution in [1.82, 2.24) is 0 Å². The molecule has 0 aromatic heterocycles. The fourth-order valence-corrected chi connectivity index (χ4v) is 5.35. The minimum Gasteiger partial charge on any atom is -0.462 e. The molecule has 0 unspecified atom stereocenters. The van der Waals surface area contributed by atoms with Crippen molar-refractivity contribution in [3.63, 3.8) is 0 Å². The van der Waals surface area contributed by atoms with Crippen molar-refractivity contribution < 1.29 is 19.1 Å². The zero-order valence-corrected chi connectivity index (χ0v) is 17.6. The van der Waals surface area contributed by atoms with Crippen molar-refractivity contribution in [2.75, 3.05) is 5.32 Å². The quantitative estimate of drug-likeness (QED) is 0.734. The standard InChI is InChI=1S/C25H27NO4/c1-25(2,3)15-4-8-17(9-5-15)29-18-10-6-16(7-11-18)26-23(27)21-14-12-19-20(13-14)30-24(28)22(19)21/h4-11,14,19-22H,12-13H2,1-3H3,(H,26,27)/t14-,19-,20-,21+,22+/m1/s1. The van der Waals surface area contributed by atoms with Crippen LogP contribution in [0.15, 0.2) is 48.5 Å². The summed E-state index contributed by atoms with van der Waals surface area (Å²) in [4.78, 5) is 25.0. The summed E-state index contributed by atoms with van der Waals surface area (Å²) < 4.78 is 11.4. The van der Waals surface area contributed by atoms with Crippen LogP contribution in [0.4, 0.5) is 5.69 Å². The number of ether oxygens (including phenoxy) is 2. The highest BCUT2D eigenvalue weighted by molar-refractivity contribution is 5.97. The fourth-order valence-electron chi connectivity index (χ4n) is 5.35. The lowest BCUT2D eigenvalue weighted by atomic mass is 9.79. The normalized spacial score (nSPS) is 29.0. The molecule has 0 spiro atoms. The zero-order chi connectivity index (χ0) is 21.0. The number of carbonyl (C=O) groups excluding carboxylic acids is 2. The number of fused-ring (bicyclic) bond motifs is 1. The molecule has 2 aromatic carbocycles. The number of nitrogens with one attached hydrogen (secondary N) is 1. The van der Waals surface area contributed by atoms with Gasteiger partial charge in [-0.3, -0.25) is 9.59 Å². The molecule has 2 saturated carbocycles. The molecule has 2 aromatic rings. The van der Waals surface area contributed by atoms with Gasteiger partial charge in [0.15, 0.2) is 0 Å². The maximum absolute atomic E-state index is 12.9. The lowest BCUT2D eigenvalue weighted by Gasteiger charge is -2.23. The molecule has 2 bridgehead atoms. The average molecular weight is 405 g/mol. The van der Waals surface area contributed by atoms with Gasteiger partial charge in [-0.1, -0.05) is 32.9 Å². The van der Waals surface area contributed by atoms with Gasteiger partial charge in [0.05, 0.1) is 11.8 Å². The van der Waals surface area contributed by atoms with E-state index in [9.17, 15) is 9.59 Å². The van der Waals surface area contributed by atoms with Gasteiger partial charge >= 0.3 is 5.97 Å². The highest BCUT2D eigenvalue weighted by Crippen LogP contribution is 2.57. The molecule has 3 aliphatic rings. The molecule has 3 fully saturated rings. The largest absolute Gasteiger partial charge is 0.462 e. The van der Waals surface area contributed by atoms with Crippen LogP contribution in [0, 0.1) is 23.7 Å². The monoisotopic (exact) mass is 405 g/mol. The van der Waals surface area contributed by atoms with Gasteiger partial charge in [0.1, 0.15) is 17.6 Å². The first-order valence-electron chi connectivity index (χ1n) is 10.7. The van der Waals surface area contributed by atoms with Gasteiger partial charge in [-0.15, -0.1) is 0 Å². The van der Waals surface area contributed by atoms with Crippen molar-refractivity contribution in [3.05, 3.63) is 54.1 Å². The Balaban J connectivity index is 1.22. The number of rotatable bonds is 4. The summed E-state index contributed by atoms with van der Waals surface area (Å²) in [6.45, 7) is 6.54. The summed E-state index contributed by atoms with van der Waals surface area (Å²) in [5.74, 6) is 1.19. The van der Waals surface area contributed by atoms with E-state index in [2.05, 4.69) is 38.2 Å². The van der Waals surface area contributed by atoms with Crippen LogP contribution in [0.3, 0.4) is 0 Å². The lowest BCUT2D eigenvalue weighted by molar-refractivity contribution is -0.145. The summed E-state index contributed by atoms with van der Waals surface area (Å²) in [5.41, 5.74) is 2.07. The summed E-state index contributed by atoms with van der Waals surface area (Å²) >= 11 is 0. The molecule has 1 N–H and O–H groups in total. The number of hydrogen-bond acceptors (Lipinski definition) is 4. The van der Waals surface area contributed by atoms with E-state index in [1.165, 1.54) is 5.56 Å². The number of carbonyl (C=O) groups is 2. The molecule has 5 heteroatoms. The number of esters is 1. The highest BCUT2D eigenvalue weighted by Gasteiger charge is 2.63. The van der Waals surface area contributed by atoms with E-state index in [-0.39, 0.29) is 47.1 Å². The van der Waals surface area contributed by atoms with Gasteiger partial charge in [0, 0.05) is 11.6 Å². The molecule has 1 heterocycles. The van der Waals surface area contributed by atoms with Crippen molar-refractivity contribution in [3.8, 4) is 11.5 Å². The second-order valence-corrected chi connectivity index (χ2v) is 9.81. The Bertz CT molecular complexity index is 972. The van der Waals surface area contributed by atoms with Crippen molar-refractivity contribution in [2.45, 2.75) is 45.1 Å². The fraction of sp³-hybridized carbons (Fsp3) is 0.440. The molecule has 2 aliphatic carbocycles. The number of amides is 1. The van der Waals surface area contributed by atoms with E-state index in [0.29, 0.717) is 11.4 Å². The Morgan fingerprint density at radius 1 is 1.00 bits per heavy atom. The van der Waals surface area contributed by atoms with Crippen molar-refractivity contribution in [1.29, 1.82) is 0 Å². The minimum atomic E-state index is -0.265. The first-order chi connectivity index (χ1) is 14.3. The van der Waals surface area contributed by atoms with Crippen LogP contribution in [0.5, 0.6) is 11.5 Å². The Labute approximate surface area is 176 Å². The molecule has 1 aliphatic heterocycles. The molecule has 5 atom stereocenters. The van der Waals surface area contributed by atoms with Gasteiger partial charge in [-0.2, -0.15) is 0 Å². The second-order valence-electron chi connectivity index (χ2n) is 9.81. The van der Waals surface area contributed by atoms with Gasteiger partial charge in [-0.25, -0.2) is 0 Å². The number of anilines is 1. The topological polar surface area (TPSA) is 64.6 Å². The van der Waals surface area contributed by atoms with Gasteiger partial charge < -0.3 is 14.8 Å². The van der Waals surface area contributed by atoms with Crippen LogP contribution in [0.2, 0.25) is 0 Å². The van der Waals surface area contributed by atoms with Crippen LogP contribution >= 0.6 is 0 Å².